The number of hydrogen-bond donors (Lipinski definition) is 0. The van der Waals surface area contributed by atoms with Gasteiger partial charge in [-0.3, -0.25) is 0 Å². The normalized spacial score (nSPS) is 9.93. The third kappa shape index (κ3) is 2.42. The lowest BCUT2D eigenvalue weighted by atomic mass is 10.2. The van der Waals surface area contributed by atoms with Gasteiger partial charge in [0.05, 0.1) is 6.10 Å². The van der Waals surface area contributed by atoms with Gasteiger partial charge < -0.3 is 4.74 Å². The van der Waals surface area contributed by atoms with Crippen molar-refractivity contribution < 1.29 is 4.74 Å². The predicted octanol–water partition coefficient (Wildman–Crippen LogP) is 3.51. The lowest BCUT2D eigenvalue weighted by molar-refractivity contribution is 0.242. The van der Waals surface area contributed by atoms with E-state index in [9.17, 15) is 4.91 Å². The van der Waals surface area contributed by atoms with E-state index in [4.69, 9.17) is 4.74 Å². The van der Waals surface area contributed by atoms with E-state index in [-0.39, 0.29) is 6.10 Å². The fraction of sp³-hybridized carbons (Fsp3) is 0.273. The summed E-state index contributed by atoms with van der Waals surface area (Å²) in [6.07, 6.45) is 1.75. The molecule has 0 atom stereocenters. The Labute approximate surface area is 83.4 Å². The summed E-state index contributed by atoms with van der Waals surface area (Å²) in [5.74, 6) is 0.645. The van der Waals surface area contributed by atoms with Crippen LogP contribution in [0, 0.1) is 4.91 Å². The van der Waals surface area contributed by atoms with E-state index in [0.29, 0.717) is 11.4 Å². The minimum atomic E-state index is 0.0654. The zero-order chi connectivity index (χ0) is 10.6. The highest BCUT2D eigenvalue weighted by molar-refractivity contribution is 5.60. The van der Waals surface area contributed by atoms with Crippen LogP contribution < -0.4 is 4.74 Å². The number of ether oxygens (including phenoxy) is 1. The predicted molar refractivity (Wildman–Crippen MR) is 57.8 cm³/mol. The highest BCUT2D eigenvalue weighted by Gasteiger charge is 2.04. The zero-order valence-electron chi connectivity index (χ0n) is 8.36. The maximum atomic E-state index is 10.3. The van der Waals surface area contributed by atoms with E-state index in [0.717, 1.165) is 5.56 Å². The van der Waals surface area contributed by atoms with Crippen LogP contribution in [0.3, 0.4) is 0 Å². The maximum Gasteiger partial charge on any atom is 0.129 e. The Hall–Kier alpha value is -1.64. The van der Waals surface area contributed by atoms with Crippen molar-refractivity contribution in [3.8, 4) is 5.75 Å². The number of hydrogen-bond acceptors (Lipinski definition) is 3. The molecule has 0 aliphatic rings. The second-order valence-corrected chi connectivity index (χ2v) is 3.18. The first kappa shape index (κ1) is 10.4. The summed E-state index contributed by atoms with van der Waals surface area (Å²) >= 11 is 0. The second kappa shape index (κ2) is 4.56. The molecule has 1 aromatic rings. The van der Waals surface area contributed by atoms with Crippen molar-refractivity contribution in [3.05, 3.63) is 35.2 Å². The number of nitrogens with zero attached hydrogens (tertiary/aromatic N) is 1. The third-order valence-corrected chi connectivity index (χ3v) is 1.69. The van der Waals surface area contributed by atoms with E-state index < -0.39 is 0 Å². The van der Waals surface area contributed by atoms with Gasteiger partial charge in [0.15, 0.2) is 0 Å². The molecule has 0 fully saturated rings. The van der Waals surface area contributed by atoms with Gasteiger partial charge in [-0.1, -0.05) is 12.7 Å². The molecule has 0 unspecified atom stereocenters. The van der Waals surface area contributed by atoms with Crippen molar-refractivity contribution in [2.45, 2.75) is 20.0 Å². The molecule has 0 aromatic heterocycles. The average Bonchev–Trinajstić information content (AvgIpc) is 2.16. The van der Waals surface area contributed by atoms with Gasteiger partial charge in [-0.25, -0.2) is 0 Å². The smallest absolute Gasteiger partial charge is 0.129 e. The average molecular weight is 191 g/mol. The molecule has 0 N–H and O–H groups in total. The van der Waals surface area contributed by atoms with E-state index in [1.807, 2.05) is 13.8 Å². The molecule has 74 valence electrons. The van der Waals surface area contributed by atoms with Gasteiger partial charge in [-0.15, -0.1) is 4.91 Å². The van der Waals surface area contributed by atoms with Crippen molar-refractivity contribution in [2.75, 3.05) is 0 Å². The van der Waals surface area contributed by atoms with Crippen LogP contribution in [-0.4, -0.2) is 6.10 Å². The van der Waals surface area contributed by atoms with Crippen LogP contribution in [0.5, 0.6) is 5.75 Å². The largest absolute Gasteiger partial charge is 0.490 e. The molecule has 1 aromatic carbocycles. The van der Waals surface area contributed by atoms with Crippen LogP contribution in [0.25, 0.3) is 6.08 Å². The van der Waals surface area contributed by atoms with Gasteiger partial charge in [-0.2, -0.15) is 0 Å². The number of rotatable bonds is 4. The molecule has 14 heavy (non-hydrogen) atoms. The Bertz CT molecular complexity index is 345. The monoisotopic (exact) mass is 191 g/mol. The van der Waals surface area contributed by atoms with Crippen LogP contribution >= 0.6 is 0 Å². The first-order valence-electron chi connectivity index (χ1n) is 4.44. The van der Waals surface area contributed by atoms with E-state index >= 15 is 0 Å². The lowest BCUT2D eigenvalue weighted by Gasteiger charge is -2.12. The molecule has 0 spiro atoms. The van der Waals surface area contributed by atoms with Crippen LogP contribution in [-0.2, 0) is 0 Å². The molecule has 3 heteroatoms. The molecular formula is C11H13NO2. The van der Waals surface area contributed by atoms with Gasteiger partial charge in [-0.05, 0) is 31.2 Å². The standard InChI is InChI=1S/C11H13NO2/c1-4-9-5-6-10(12-13)7-11(9)14-8(2)3/h4-8H,1H2,2-3H3. The van der Waals surface area contributed by atoms with Gasteiger partial charge in [0.1, 0.15) is 11.4 Å². The summed E-state index contributed by atoms with van der Waals surface area (Å²) in [7, 11) is 0. The molecule has 0 amide bonds. The molecule has 0 heterocycles. The quantitative estimate of drug-likeness (QED) is 0.683. The Morgan fingerprint density at radius 3 is 2.71 bits per heavy atom. The molecular weight excluding hydrogens is 178 g/mol. The molecule has 0 radical (unpaired) electrons. The van der Waals surface area contributed by atoms with Crippen molar-refractivity contribution in [1.82, 2.24) is 0 Å². The first-order valence-corrected chi connectivity index (χ1v) is 4.44. The molecule has 3 nitrogen and oxygen atoms in total. The Morgan fingerprint density at radius 2 is 2.21 bits per heavy atom. The SMILES string of the molecule is C=Cc1ccc(N=O)cc1OC(C)C. The molecule has 0 bridgehead atoms. The highest BCUT2D eigenvalue weighted by atomic mass is 16.5. The summed E-state index contributed by atoms with van der Waals surface area (Å²) in [6, 6.07) is 5.02. The van der Waals surface area contributed by atoms with Gasteiger partial charge in [0, 0.05) is 11.6 Å². The minimum absolute atomic E-state index is 0.0654. The van der Waals surface area contributed by atoms with Crippen LogP contribution in [0.1, 0.15) is 19.4 Å². The summed E-state index contributed by atoms with van der Waals surface area (Å²) in [4.78, 5) is 10.3. The van der Waals surface area contributed by atoms with Gasteiger partial charge >= 0.3 is 0 Å². The molecule has 0 saturated carbocycles. The van der Waals surface area contributed by atoms with Crippen molar-refractivity contribution in [3.63, 3.8) is 0 Å². The van der Waals surface area contributed by atoms with E-state index in [1.165, 1.54) is 0 Å². The molecule has 0 aliphatic heterocycles. The van der Waals surface area contributed by atoms with Crippen LogP contribution in [0.2, 0.25) is 0 Å². The molecule has 0 aliphatic carbocycles. The number of nitroso groups, excluding NO2 is 1. The summed E-state index contributed by atoms with van der Waals surface area (Å²) in [5, 5.41) is 2.85. The summed E-state index contributed by atoms with van der Waals surface area (Å²) in [6.45, 7) is 7.51. The fourth-order valence-electron chi connectivity index (χ4n) is 1.10. The Balaban J connectivity index is 3.07. The minimum Gasteiger partial charge on any atom is -0.490 e. The topological polar surface area (TPSA) is 38.7 Å². The Kier molecular flexibility index (Phi) is 3.40. The summed E-state index contributed by atoms with van der Waals surface area (Å²) < 4.78 is 5.51. The first-order chi connectivity index (χ1) is 6.67. The van der Waals surface area contributed by atoms with E-state index in [2.05, 4.69) is 11.8 Å². The fourth-order valence-corrected chi connectivity index (χ4v) is 1.10. The van der Waals surface area contributed by atoms with Crippen molar-refractivity contribution >= 4 is 11.8 Å². The van der Waals surface area contributed by atoms with Crippen LogP contribution in [0.4, 0.5) is 5.69 Å². The highest BCUT2D eigenvalue weighted by Crippen LogP contribution is 2.26. The second-order valence-electron chi connectivity index (χ2n) is 3.18. The van der Waals surface area contributed by atoms with Crippen LogP contribution in [0.15, 0.2) is 30.0 Å². The lowest BCUT2D eigenvalue weighted by Crippen LogP contribution is -2.06. The number of benzene rings is 1. The van der Waals surface area contributed by atoms with Crippen molar-refractivity contribution in [1.29, 1.82) is 0 Å². The molecule has 1 rings (SSSR count). The van der Waals surface area contributed by atoms with Crippen molar-refractivity contribution in [2.24, 2.45) is 5.18 Å². The summed E-state index contributed by atoms with van der Waals surface area (Å²) in [5.41, 5.74) is 1.23. The van der Waals surface area contributed by atoms with E-state index in [1.54, 1.807) is 24.3 Å². The van der Waals surface area contributed by atoms with Gasteiger partial charge in [0.2, 0.25) is 0 Å². The Morgan fingerprint density at radius 1 is 1.50 bits per heavy atom. The third-order valence-electron chi connectivity index (χ3n) is 1.69. The van der Waals surface area contributed by atoms with Gasteiger partial charge in [0.25, 0.3) is 0 Å². The zero-order valence-corrected chi connectivity index (χ0v) is 8.36. The molecule has 0 saturated heterocycles. The maximum absolute atomic E-state index is 10.3.